The number of ether oxygens (including phenoxy) is 3. The fourth-order valence-electron chi connectivity index (χ4n) is 2.64. The van der Waals surface area contributed by atoms with Gasteiger partial charge in [-0.15, -0.1) is 12.4 Å². The largest absolute Gasteiger partial charge is 0.497 e. The number of hydrogen-bond acceptors (Lipinski definition) is 4. The van der Waals surface area contributed by atoms with Crippen LogP contribution in [-0.4, -0.2) is 26.4 Å². The molecule has 0 heterocycles. The molecule has 0 saturated heterocycles. The van der Waals surface area contributed by atoms with Gasteiger partial charge in [0.05, 0.1) is 26.4 Å². The highest BCUT2D eigenvalue weighted by Gasteiger charge is 2.15. The number of amides is 2. The molecule has 0 saturated carbocycles. The van der Waals surface area contributed by atoms with E-state index in [-0.39, 0.29) is 30.6 Å². The minimum absolute atomic E-state index is 0. The second kappa shape index (κ2) is 11.3. The van der Waals surface area contributed by atoms with E-state index in [1.165, 1.54) is 0 Å². The Hall–Kier alpha value is -2.60. The Morgan fingerprint density at radius 1 is 0.964 bits per heavy atom. The molecule has 0 aliphatic carbocycles. The Balaban J connectivity index is 0.00000392. The lowest BCUT2D eigenvalue weighted by atomic mass is 10.1. The average molecular weight is 409 g/mol. The lowest BCUT2D eigenvalue weighted by molar-refractivity contribution is 0.237. The van der Waals surface area contributed by atoms with E-state index in [4.69, 9.17) is 14.2 Å². The zero-order valence-corrected chi connectivity index (χ0v) is 17.8. The summed E-state index contributed by atoms with van der Waals surface area (Å²) in [6, 6.07) is 12.7. The highest BCUT2D eigenvalue weighted by molar-refractivity contribution is 5.85. The van der Waals surface area contributed by atoms with Gasteiger partial charge in [0.25, 0.3) is 0 Å². The highest BCUT2D eigenvalue weighted by atomic mass is 35.5. The van der Waals surface area contributed by atoms with Gasteiger partial charge in [-0.3, -0.25) is 0 Å². The van der Waals surface area contributed by atoms with Gasteiger partial charge in [0.2, 0.25) is 0 Å². The molecule has 0 fully saturated rings. The molecule has 7 heteroatoms. The summed E-state index contributed by atoms with van der Waals surface area (Å²) in [5.41, 5.74) is 1.84. The Morgan fingerprint density at radius 3 is 2.18 bits per heavy atom. The first-order valence-electron chi connectivity index (χ1n) is 8.94. The Bertz CT molecular complexity index is 751. The summed E-state index contributed by atoms with van der Waals surface area (Å²) in [7, 11) is 3.21. The zero-order valence-electron chi connectivity index (χ0n) is 16.9. The van der Waals surface area contributed by atoms with Gasteiger partial charge in [-0.05, 0) is 56.7 Å². The number of urea groups is 1. The normalized spacial score (nSPS) is 11.2. The van der Waals surface area contributed by atoms with Crippen LogP contribution in [0.1, 0.15) is 37.9 Å². The van der Waals surface area contributed by atoms with Gasteiger partial charge < -0.3 is 24.8 Å². The number of hydrogen-bond donors (Lipinski definition) is 2. The van der Waals surface area contributed by atoms with Gasteiger partial charge in [0, 0.05) is 12.1 Å². The van der Waals surface area contributed by atoms with Crippen LogP contribution in [0.4, 0.5) is 4.79 Å². The Labute approximate surface area is 173 Å². The number of carbonyl (C=O) groups excluding carboxylic acids is 1. The quantitative estimate of drug-likeness (QED) is 0.676. The van der Waals surface area contributed by atoms with Crippen molar-refractivity contribution in [2.45, 2.75) is 39.5 Å². The molecule has 2 N–H and O–H groups in total. The van der Waals surface area contributed by atoms with Crippen molar-refractivity contribution >= 4 is 18.4 Å². The Kier molecular flexibility index (Phi) is 9.45. The molecular weight excluding hydrogens is 380 g/mol. The monoisotopic (exact) mass is 408 g/mol. The predicted molar refractivity (Wildman–Crippen MR) is 113 cm³/mol. The summed E-state index contributed by atoms with van der Waals surface area (Å²) in [5, 5.41) is 5.78. The maximum absolute atomic E-state index is 12.2. The van der Waals surface area contributed by atoms with E-state index in [9.17, 15) is 4.79 Å². The van der Waals surface area contributed by atoms with Gasteiger partial charge in [0.15, 0.2) is 0 Å². The fourth-order valence-corrected chi connectivity index (χ4v) is 2.64. The topological polar surface area (TPSA) is 68.8 Å². The van der Waals surface area contributed by atoms with Crippen LogP contribution < -0.4 is 24.8 Å². The third-order valence-corrected chi connectivity index (χ3v) is 4.00. The number of rotatable bonds is 8. The van der Waals surface area contributed by atoms with Crippen LogP contribution in [0.5, 0.6) is 17.2 Å². The van der Waals surface area contributed by atoms with Crippen LogP contribution in [-0.2, 0) is 6.54 Å². The number of carbonyl (C=O) groups is 1. The zero-order chi connectivity index (χ0) is 19.8. The lowest BCUT2D eigenvalue weighted by Crippen LogP contribution is -2.36. The van der Waals surface area contributed by atoms with Crippen LogP contribution in [0.2, 0.25) is 0 Å². The van der Waals surface area contributed by atoms with Crippen LogP contribution in [0.15, 0.2) is 42.5 Å². The first kappa shape index (κ1) is 23.4. The number of nitrogens with one attached hydrogen (secondary N) is 2. The first-order chi connectivity index (χ1) is 12.9. The molecule has 0 radical (unpaired) electrons. The third kappa shape index (κ3) is 6.85. The number of benzene rings is 2. The number of methoxy groups -OCH3 is 2. The molecule has 0 aromatic heterocycles. The standard InChI is InChI=1S/C21H28N2O4.ClH/c1-14(2)27-17-8-6-16(7-9-17)13-22-21(24)23-15(3)19-12-18(25-4)10-11-20(19)26-5;/h6-12,14-15H,13H2,1-5H3,(H2,22,23,24);1H. The van der Waals surface area contributed by atoms with Gasteiger partial charge in [-0.1, -0.05) is 12.1 Å². The van der Waals surface area contributed by atoms with E-state index in [1.54, 1.807) is 14.2 Å². The Morgan fingerprint density at radius 2 is 1.61 bits per heavy atom. The van der Waals surface area contributed by atoms with Gasteiger partial charge in [-0.2, -0.15) is 0 Å². The molecule has 1 atom stereocenters. The highest BCUT2D eigenvalue weighted by Crippen LogP contribution is 2.29. The van der Waals surface area contributed by atoms with E-state index in [1.807, 2.05) is 63.2 Å². The summed E-state index contributed by atoms with van der Waals surface area (Å²) in [6.07, 6.45) is 0.134. The molecule has 1 unspecified atom stereocenters. The molecule has 2 rings (SSSR count). The molecule has 0 aliphatic rings. The fraction of sp³-hybridized carbons (Fsp3) is 0.381. The van der Waals surface area contributed by atoms with Crippen molar-refractivity contribution in [3.8, 4) is 17.2 Å². The summed E-state index contributed by atoms with van der Waals surface area (Å²) < 4.78 is 16.2. The minimum atomic E-state index is -0.255. The van der Waals surface area contributed by atoms with Crippen molar-refractivity contribution in [2.75, 3.05) is 14.2 Å². The van der Waals surface area contributed by atoms with Crippen LogP contribution >= 0.6 is 12.4 Å². The predicted octanol–water partition coefficient (Wildman–Crippen LogP) is 4.47. The van der Waals surface area contributed by atoms with E-state index < -0.39 is 0 Å². The number of halogens is 1. The summed E-state index contributed by atoms with van der Waals surface area (Å²) in [6.45, 7) is 6.29. The van der Waals surface area contributed by atoms with Crippen LogP contribution in [0.25, 0.3) is 0 Å². The SMILES string of the molecule is COc1ccc(OC)c(C(C)NC(=O)NCc2ccc(OC(C)C)cc2)c1.Cl. The summed E-state index contributed by atoms with van der Waals surface area (Å²) in [5.74, 6) is 2.23. The first-order valence-corrected chi connectivity index (χ1v) is 8.94. The van der Waals surface area contributed by atoms with Gasteiger partial charge in [-0.25, -0.2) is 4.79 Å². The van der Waals surface area contributed by atoms with Crippen molar-refractivity contribution in [1.29, 1.82) is 0 Å². The molecule has 0 aliphatic heterocycles. The molecule has 2 aromatic rings. The second-order valence-electron chi connectivity index (χ2n) is 6.47. The smallest absolute Gasteiger partial charge is 0.315 e. The van der Waals surface area contributed by atoms with Crippen molar-refractivity contribution < 1.29 is 19.0 Å². The van der Waals surface area contributed by atoms with Crippen LogP contribution in [0, 0.1) is 0 Å². The third-order valence-electron chi connectivity index (χ3n) is 4.00. The second-order valence-corrected chi connectivity index (χ2v) is 6.47. The van der Waals surface area contributed by atoms with Gasteiger partial charge >= 0.3 is 6.03 Å². The van der Waals surface area contributed by atoms with E-state index in [0.717, 1.165) is 16.9 Å². The average Bonchev–Trinajstić information content (AvgIpc) is 2.66. The molecule has 0 spiro atoms. The van der Waals surface area contributed by atoms with E-state index in [2.05, 4.69) is 10.6 Å². The molecule has 2 aromatic carbocycles. The minimum Gasteiger partial charge on any atom is -0.497 e. The summed E-state index contributed by atoms with van der Waals surface area (Å²) >= 11 is 0. The molecule has 0 bridgehead atoms. The van der Waals surface area contributed by atoms with Crippen molar-refractivity contribution in [1.82, 2.24) is 10.6 Å². The van der Waals surface area contributed by atoms with Crippen LogP contribution in [0.3, 0.4) is 0 Å². The molecule has 2 amide bonds. The molecule has 28 heavy (non-hydrogen) atoms. The maximum Gasteiger partial charge on any atom is 0.315 e. The summed E-state index contributed by atoms with van der Waals surface area (Å²) in [4.78, 5) is 12.2. The molecule has 6 nitrogen and oxygen atoms in total. The van der Waals surface area contributed by atoms with Gasteiger partial charge in [0.1, 0.15) is 17.2 Å². The van der Waals surface area contributed by atoms with Crippen molar-refractivity contribution in [3.63, 3.8) is 0 Å². The molecular formula is C21H29ClN2O4. The maximum atomic E-state index is 12.2. The lowest BCUT2D eigenvalue weighted by Gasteiger charge is -2.18. The molecule has 154 valence electrons. The van der Waals surface area contributed by atoms with E-state index in [0.29, 0.717) is 18.0 Å². The van der Waals surface area contributed by atoms with Crippen molar-refractivity contribution in [2.24, 2.45) is 0 Å². The van der Waals surface area contributed by atoms with Crippen molar-refractivity contribution in [3.05, 3.63) is 53.6 Å². The van der Waals surface area contributed by atoms with E-state index >= 15 is 0 Å².